The fraction of sp³-hybridized carbons (Fsp3) is 0.800. The summed E-state index contributed by atoms with van der Waals surface area (Å²) in [6.45, 7) is 16.0. The van der Waals surface area contributed by atoms with E-state index in [-0.39, 0.29) is 28.7 Å². The monoisotopic (exact) mass is 476 g/mol. The summed E-state index contributed by atoms with van der Waals surface area (Å²) in [5.74, 6) is 0.698. The molecule has 0 atom stereocenters. The van der Waals surface area contributed by atoms with Gasteiger partial charge in [0, 0.05) is 38.0 Å². The van der Waals surface area contributed by atoms with Crippen LogP contribution < -0.4 is 0 Å². The molecule has 0 spiro atoms. The second-order valence-electron chi connectivity index (χ2n) is 10.0. The lowest BCUT2D eigenvalue weighted by molar-refractivity contribution is -0.142. The summed E-state index contributed by atoms with van der Waals surface area (Å²) in [4.78, 5) is 50.9. The number of carbonyl (C=O) groups excluding carboxylic acids is 4. The van der Waals surface area contributed by atoms with Crippen LogP contribution in [0.1, 0.15) is 138 Å². The van der Waals surface area contributed by atoms with Crippen LogP contribution in [-0.4, -0.2) is 23.1 Å². The third-order valence-corrected chi connectivity index (χ3v) is 8.29. The highest BCUT2D eigenvalue weighted by atomic mass is 16.2. The molecule has 0 bridgehead atoms. The molecule has 0 saturated heterocycles. The quantitative estimate of drug-likeness (QED) is 0.0901. The SMILES string of the molecule is C=CC(CC)(CC)CC(=O)CCCCC(=O)C(CC)(CC)C(=O)CCCCC(=O)C(CC)CC. The Balaban J connectivity index is 4.68. The molecule has 0 aromatic heterocycles. The molecule has 0 aromatic carbocycles. The minimum atomic E-state index is -0.911. The largest absolute Gasteiger partial charge is 0.300 e. The van der Waals surface area contributed by atoms with Gasteiger partial charge in [-0.2, -0.15) is 0 Å². The van der Waals surface area contributed by atoms with Crippen LogP contribution in [0.25, 0.3) is 0 Å². The maximum absolute atomic E-state index is 13.1. The Morgan fingerprint density at radius 1 is 0.676 bits per heavy atom. The average molecular weight is 477 g/mol. The minimum Gasteiger partial charge on any atom is -0.300 e. The van der Waals surface area contributed by atoms with E-state index in [1.165, 1.54) is 0 Å². The molecule has 4 heteroatoms. The van der Waals surface area contributed by atoms with Gasteiger partial charge in [0.05, 0.1) is 5.41 Å². The molecule has 0 heterocycles. The van der Waals surface area contributed by atoms with Crippen molar-refractivity contribution < 1.29 is 19.2 Å². The topological polar surface area (TPSA) is 68.3 Å². The van der Waals surface area contributed by atoms with Gasteiger partial charge in [0.1, 0.15) is 23.1 Å². The number of hydrogen-bond donors (Lipinski definition) is 0. The molecule has 0 aliphatic rings. The summed E-state index contributed by atoms with van der Waals surface area (Å²) < 4.78 is 0. The molecule has 0 unspecified atom stereocenters. The summed E-state index contributed by atoms with van der Waals surface area (Å²) in [5, 5.41) is 0. The average Bonchev–Trinajstić information content (AvgIpc) is 2.85. The Morgan fingerprint density at radius 2 is 1.12 bits per heavy atom. The molecule has 0 aromatic rings. The maximum Gasteiger partial charge on any atom is 0.146 e. The zero-order valence-corrected chi connectivity index (χ0v) is 23.1. The first kappa shape index (κ1) is 32.4. The van der Waals surface area contributed by atoms with Gasteiger partial charge in [-0.15, -0.1) is 6.58 Å². The van der Waals surface area contributed by atoms with Crippen LogP contribution in [0, 0.1) is 16.7 Å². The first-order valence-electron chi connectivity index (χ1n) is 13.9. The smallest absolute Gasteiger partial charge is 0.146 e. The summed E-state index contributed by atoms with van der Waals surface area (Å²) in [6.07, 6.45) is 11.4. The van der Waals surface area contributed by atoms with Crippen molar-refractivity contribution in [2.45, 2.75) is 138 Å². The van der Waals surface area contributed by atoms with Crippen molar-refractivity contribution in [3.63, 3.8) is 0 Å². The van der Waals surface area contributed by atoms with Gasteiger partial charge in [-0.3, -0.25) is 19.2 Å². The molecule has 0 rings (SSSR count). The van der Waals surface area contributed by atoms with Crippen LogP contribution in [-0.2, 0) is 19.2 Å². The number of ketones is 4. The number of unbranched alkanes of at least 4 members (excludes halogenated alkanes) is 2. The van der Waals surface area contributed by atoms with Crippen molar-refractivity contribution in [2.24, 2.45) is 16.7 Å². The lowest BCUT2D eigenvalue weighted by Crippen LogP contribution is -2.38. The Morgan fingerprint density at radius 3 is 1.50 bits per heavy atom. The standard InChI is InChI=1S/C30H52O4/c1-8-24(9-2)26(32)20-16-18-22-28(34)30(13-6,14-7)27(33)21-17-15-19-25(31)23-29(10-3,11-4)12-5/h10,24H,3,8-9,11-23H2,1-2,4-7H3. The number of Topliss-reactive ketones (excluding diaryl/α,β-unsaturated/α-hetero) is 4. The van der Waals surface area contributed by atoms with Gasteiger partial charge in [-0.25, -0.2) is 0 Å². The highest BCUT2D eigenvalue weighted by Gasteiger charge is 2.40. The zero-order chi connectivity index (χ0) is 26.2. The van der Waals surface area contributed by atoms with E-state index >= 15 is 0 Å². The van der Waals surface area contributed by atoms with Crippen molar-refractivity contribution >= 4 is 23.1 Å². The van der Waals surface area contributed by atoms with Crippen LogP contribution in [0.2, 0.25) is 0 Å². The van der Waals surface area contributed by atoms with Crippen molar-refractivity contribution in [3.05, 3.63) is 12.7 Å². The molecule has 0 aliphatic carbocycles. The lowest BCUT2D eigenvalue weighted by atomic mass is 9.71. The molecule has 0 saturated carbocycles. The fourth-order valence-electron chi connectivity index (χ4n) is 5.16. The summed E-state index contributed by atoms with van der Waals surface area (Å²) in [6, 6.07) is 0. The van der Waals surface area contributed by atoms with E-state index in [0.29, 0.717) is 76.4 Å². The second-order valence-corrected chi connectivity index (χ2v) is 10.0. The van der Waals surface area contributed by atoms with Gasteiger partial charge >= 0.3 is 0 Å². The van der Waals surface area contributed by atoms with Gasteiger partial charge in [0.25, 0.3) is 0 Å². The zero-order valence-electron chi connectivity index (χ0n) is 23.1. The van der Waals surface area contributed by atoms with E-state index in [9.17, 15) is 19.2 Å². The molecule has 0 radical (unpaired) electrons. The molecular formula is C30H52O4. The van der Waals surface area contributed by atoms with Gasteiger partial charge in [0.2, 0.25) is 0 Å². The van der Waals surface area contributed by atoms with E-state index in [4.69, 9.17) is 0 Å². The second kappa shape index (κ2) is 16.9. The van der Waals surface area contributed by atoms with Crippen molar-refractivity contribution in [1.29, 1.82) is 0 Å². The molecule has 34 heavy (non-hydrogen) atoms. The summed E-state index contributed by atoms with van der Waals surface area (Å²) in [7, 11) is 0. The summed E-state index contributed by atoms with van der Waals surface area (Å²) >= 11 is 0. The summed E-state index contributed by atoms with van der Waals surface area (Å²) in [5.41, 5.74) is -1.02. The maximum atomic E-state index is 13.1. The van der Waals surface area contributed by atoms with E-state index in [1.54, 1.807) is 0 Å². The Kier molecular flexibility index (Phi) is 16.2. The molecule has 0 N–H and O–H groups in total. The highest BCUT2D eigenvalue weighted by Crippen LogP contribution is 2.34. The molecule has 4 nitrogen and oxygen atoms in total. The van der Waals surface area contributed by atoms with Crippen LogP contribution in [0.5, 0.6) is 0 Å². The Bertz CT molecular complexity index is 649. The number of hydrogen-bond acceptors (Lipinski definition) is 4. The highest BCUT2D eigenvalue weighted by molar-refractivity contribution is 6.06. The number of allylic oxidation sites excluding steroid dienone is 1. The molecule has 196 valence electrons. The third kappa shape index (κ3) is 9.58. The number of rotatable bonds is 22. The van der Waals surface area contributed by atoms with Gasteiger partial charge in [-0.05, 0) is 69.6 Å². The molecule has 0 amide bonds. The van der Waals surface area contributed by atoms with Crippen molar-refractivity contribution in [1.82, 2.24) is 0 Å². The lowest BCUT2D eigenvalue weighted by Gasteiger charge is -2.29. The normalized spacial score (nSPS) is 12.1. The third-order valence-electron chi connectivity index (χ3n) is 8.29. The predicted octanol–water partition coefficient (Wildman–Crippen LogP) is 8.01. The minimum absolute atomic E-state index is 0.0191. The molecule has 0 fully saturated rings. The van der Waals surface area contributed by atoms with Crippen LogP contribution in [0.4, 0.5) is 0 Å². The fourth-order valence-corrected chi connectivity index (χ4v) is 5.16. The van der Waals surface area contributed by atoms with E-state index in [2.05, 4.69) is 20.4 Å². The van der Waals surface area contributed by atoms with E-state index in [0.717, 1.165) is 25.7 Å². The number of carbonyl (C=O) groups is 4. The first-order chi connectivity index (χ1) is 16.1. The Hall–Kier alpha value is -1.58. The Labute approximate surface area is 209 Å². The predicted molar refractivity (Wildman–Crippen MR) is 142 cm³/mol. The van der Waals surface area contributed by atoms with Crippen molar-refractivity contribution in [3.8, 4) is 0 Å². The van der Waals surface area contributed by atoms with Crippen LogP contribution >= 0.6 is 0 Å². The van der Waals surface area contributed by atoms with Crippen molar-refractivity contribution in [2.75, 3.05) is 0 Å². The molecule has 0 aliphatic heterocycles. The van der Waals surface area contributed by atoms with E-state index < -0.39 is 5.41 Å². The van der Waals surface area contributed by atoms with Crippen LogP contribution in [0.15, 0.2) is 12.7 Å². The van der Waals surface area contributed by atoms with E-state index in [1.807, 2.05) is 33.8 Å². The first-order valence-corrected chi connectivity index (χ1v) is 13.9. The molecular weight excluding hydrogens is 424 g/mol. The van der Waals surface area contributed by atoms with Gasteiger partial charge in [-0.1, -0.05) is 47.6 Å². The van der Waals surface area contributed by atoms with Gasteiger partial charge in [0.15, 0.2) is 0 Å². The van der Waals surface area contributed by atoms with Gasteiger partial charge < -0.3 is 0 Å². The van der Waals surface area contributed by atoms with Crippen LogP contribution in [0.3, 0.4) is 0 Å².